The van der Waals surface area contributed by atoms with Crippen LogP contribution in [0.25, 0.3) is 10.8 Å². The molecule has 100 valence electrons. The minimum absolute atomic E-state index is 0.552. The molecule has 0 saturated carbocycles. The second-order valence-electron chi connectivity index (χ2n) is 4.72. The average Bonchev–Trinajstić information content (AvgIpc) is 2.45. The number of nitrogens with zero attached hydrogens (tertiary/aromatic N) is 1. The summed E-state index contributed by atoms with van der Waals surface area (Å²) in [6.07, 6.45) is 3.64. The van der Waals surface area contributed by atoms with Crippen molar-refractivity contribution in [2.75, 3.05) is 11.1 Å². The number of pyridine rings is 1. The highest BCUT2D eigenvalue weighted by Gasteiger charge is 2.06. The van der Waals surface area contributed by atoms with Gasteiger partial charge in [-0.1, -0.05) is 23.7 Å². The Balaban J connectivity index is 2.08. The predicted molar refractivity (Wildman–Crippen MR) is 85.6 cm³/mol. The van der Waals surface area contributed by atoms with Gasteiger partial charge in [0.2, 0.25) is 0 Å². The first-order valence-electron chi connectivity index (χ1n) is 6.30. The monoisotopic (exact) mass is 283 g/mol. The molecule has 0 bridgehead atoms. The first-order valence-corrected chi connectivity index (χ1v) is 6.68. The number of nitrogens with one attached hydrogen (secondary N) is 1. The van der Waals surface area contributed by atoms with Gasteiger partial charge in [0.05, 0.1) is 10.7 Å². The Hall–Kier alpha value is -2.26. The highest BCUT2D eigenvalue weighted by molar-refractivity contribution is 6.33. The van der Waals surface area contributed by atoms with Crippen LogP contribution in [0, 0.1) is 6.92 Å². The quantitative estimate of drug-likeness (QED) is 0.680. The number of nitrogens with two attached hydrogens (primary N) is 1. The van der Waals surface area contributed by atoms with Crippen molar-refractivity contribution in [1.29, 1.82) is 0 Å². The van der Waals surface area contributed by atoms with Gasteiger partial charge in [-0.25, -0.2) is 0 Å². The van der Waals surface area contributed by atoms with E-state index < -0.39 is 0 Å². The Morgan fingerprint density at radius 3 is 2.85 bits per heavy atom. The molecule has 0 saturated heterocycles. The number of anilines is 3. The van der Waals surface area contributed by atoms with Crippen molar-refractivity contribution in [1.82, 2.24) is 4.98 Å². The lowest BCUT2D eigenvalue weighted by Gasteiger charge is -2.13. The summed E-state index contributed by atoms with van der Waals surface area (Å²) in [6.45, 7) is 2.00. The maximum absolute atomic E-state index is 6.09. The molecule has 3 aromatic rings. The minimum Gasteiger partial charge on any atom is -0.398 e. The summed E-state index contributed by atoms with van der Waals surface area (Å²) in [5.74, 6) is 0. The third-order valence-corrected chi connectivity index (χ3v) is 3.62. The number of halogens is 1. The van der Waals surface area contributed by atoms with Gasteiger partial charge >= 0.3 is 0 Å². The molecule has 1 heterocycles. The zero-order chi connectivity index (χ0) is 14.1. The third kappa shape index (κ3) is 2.28. The summed E-state index contributed by atoms with van der Waals surface area (Å²) in [6, 6.07) is 11.8. The van der Waals surface area contributed by atoms with Crippen molar-refractivity contribution in [3.8, 4) is 0 Å². The lowest BCUT2D eigenvalue weighted by Crippen LogP contribution is -1.96. The van der Waals surface area contributed by atoms with Crippen molar-refractivity contribution in [3.05, 3.63) is 59.4 Å². The molecule has 0 aliphatic carbocycles. The van der Waals surface area contributed by atoms with E-state index in [4.69, 9.17) is 17.3 Å². The third-order valence-electron chi connectivity index (χ3n) is 3.30. The molecule has 3 nitrogen and oxygen atoms in total. The van der Waals surface area contributed by atoms with E-state index in [0.717, 1.165) is 27.7 Å². The summed E-state index contributed by atoms with van der Waals surface area (Å²) in [4.78, 5) is 4.18. The van der Waals surface area contributed by atoms with Crippen molar-refractivity contribution in [2.24, 2.45) is 0 Å². The Labute approximate surface area is 122 Å². The molecule has 0 atom stereocenters. The second kappa shape index (κ2) is 5.02. The molecular weight excluding hydrogens is 270 g/mol. The summed E-state index contributed by atoms with van der Waals surface area (Å²) in [5, 5.41) is 6.17. The van der Waals surface area contributed by atoms with E-state index in [1.54, 1.807) is 6.20 Å². The number of nitrogen functional groups attached to an aromatic ring is 1. The Bertz CT molecular complexity index is 779. The lowest BCUT2D eigenvalue weighted by molar-refractivity contribution is 1.36. The minimum atomic E-state index is 0.552. The van der Waals surface area contributed by atoms with Crippen LogP contribution in [-0.4, -0.2) is 4.98 Å². The smallest absolute Gasteiger partial charge is 0.0656 e. The van der Waals surface area contributed by atoms with E-state index in [0.29, 0.717) is 10.7 Å². The number of aryl methyl sites for hydroxylation is 1. The van der Waals surface area contributed by atoms with Crippen LogP contribution in [0.5, 0.6) is 0 Å². The zero-order valence-electron chi connectivity index (χ0n) is 11.0. The maximum atomic E-state index is 6.09. The fraction of sp³-hybridized carbons (Fsp3) is 0.0625. The van der Waals surface area contributed by atoms with Crippen LogP contribution in [0.1, 0.15) is 5.56 Å². The van der Waals surface area contributed by atoms with Gasteiger partial charge in [0.1, 0.15) is 0 Å². The molecule has 3 N–H and O–H groups in total. The fourth-order valence-corrected chi connectivity index (χ4v) is 2.37. The van der Waals surface area contributed by atoms with Crippen molar-refractivity contribution < 1.29 is 0 Å². The van der Waals surface area contributed by atoms with Crippen molar-refractivity contribution in [2.45, 2.75) is 6.92 Å². The molecule has 0 amide bonds. The number of aromatic nitrogens is 1. The van der Waals surface area contributed by atoms with E-state index >= 15 is 0 Å². The van der Waals surface area contributed by atoms with Gasteiger partial charge < -0.3 is 11.1 Å². The lowest BCUT2D eigenvalue weighted by atomic mass is 10.1. The molecule has 0 spiro atoms. The molecule has 0 fully saturated rings. The van der Waals surface area contributed by atoms with Crippen LogP contribution >= 0.6 is 11.6 Å². The summed E-state index contributed by atoms with van der Waals surface area (Å²) in [5.41, 5.74) is 9.39. The highest BCUT2D eigenvalue weighted by atomic mass is 35.5. The zero-order valence-corrected chi connectivity index (χ0v) is 11.8. The number of rotatable bonds is 2. The Morgan fingerprint density at radius 1 is 1.15 bits per heavy atom. The van der Waals surface area contributed by atoms with Gasteiger partial charge in [-0.05, 0) is 42.1 Å². The van der Waals surface area contributed by atoms with Crippen LogP contribution in [0.2, 0.25) is 5.02 Å². The first kappa shape index (κ1) is 12.8. The largest absolute Gasteiger partial charge is 0.398 e. The van der Waals surface area contributed by atoms with E-state index in [2.05, 4.69) is 16.4 Å². The molecule has 3 rings (SSSR count). The van der Waals surface area contributed by atoms with Gasteiger partial charge in [-0.15, -0.1) is 0 Å². The van der Waals surface area contributed by atoms with E-state index in [1.807, 2.05) is 43.5 Å². The predicted octanol–water partition coefficient (Wildman–Crippen LogP) is 4.52. The number of hydrogen-bond acceptors (Lipinski definition) is 3. The van der Waals surface area contributed by atoms with Gasteiger partial charge in [0.25, 0.3) is 0 Å². The number of hydrogen-bond donors (Lipinski definition) is 2. The van der Waals surface area contributed by atoms with Crippen molar-refractivity contribution in [3.63, 3.8) is 0 Å². The molecule has 0 aliphatic rings. The van der Waals surface area contributed by atoms with Crippen LogP contribution < -0.4 is 11.1 Å². The summed E-state index contributed by atoms with van der Waals surface area (Å²) < 4.78 is 0. The van der Waals surface area contributed by atoms with Crippen LogP contribution in [0.15, 0.2) is 48.8 Å². The average molecular weight is 284 g/mol. The molecule has 1 aromatic heterocycles. The van der Waals surface area contributed by atoms with Crippen LogP contribution in [0.4, 0.5) is 17.1 Å². The normalized spacial score (nSPS) is 10.7. The van der Waals surface area contributed by atoms with E-state index in [1.165, 1.54) is 0 Å². The maximum Gasteiger partial charge on any atom is 0.0656 e. The topological polar surface area (TPSA) is 50.9 Å². The fourth-order valence-electron chi connectivity index (χ4n) is 2.21. The number of benzene rings is 2. The summed E-state index contributed by atoms with van der Waals surface area (Å²) in [7, 11) is 0. The Morgan fingerprint density at radius 2 is 2.00 bits per heavy atom. The van der Waals surface area contributed by atoms with Crippen LogP contribution in [0.3, 0.4) is 0 Å². The number of fused-ring (bicyclic) bond motifs is 1. The Kier molecular flexibility index (Phi) is 3.20. The van der Waals surface area contributed by atoms with Gasteiger partial charge in [0, 0.05) is 29.2 Å². The molecule has 4 heteroatoms. The van der Waals surface area contributed by atoms with Gasteiger partial charge in [0.15, 0.2) is 0 Å². The van der Waals surface area contributed by atoms with Crippen molar-refractivity contribution >= 4 is 39.4 Å². The van der Waals surface area contributed by atoms with Gasteiger partial charge in [-0.2, -0.15) is 0 Å². The highest BCUT2D eigenvalue weighted by Crippen LogP contribution is 2.31. The standard InChI is InChI=1S/C16H14ClN3/c1-10-7-14(18)13(17)8-16(10)20-15-4-2-3-11-5-6-19-9-12(11)15/h2-9,20H,18H2,1H3. The summed E-state index contributed by atoms with van der Waals surface area (Å²) >= 11 is 6.09. The first-order chi connectivity index (χ1) is 9.65. The molecule has 0 aliphatic heterocycles. The molecule has 20 heavy (non-hydrogen) atoms. The van der Waals surface area contributed by atoms with Gasteiger partial charge in [-0.3, -0.25) is 4.98 Å². The molecular formula is C16H14ClN3. The molecule has 2 aromatic carbocycles. The molecule has 0 radical (unpaired) electrons. The SMILES string of the molecule is Cc1cc(N)c(Cl)cc1Nc1cccc2ccncc12. The second-order valence-corrected chi connectivity index (χ2v) is 5.12. The van der Waals surface area contributed by atoms with Crippen LogP contribution in [-0.2, 0) is 0 Å². The molecule has 0 unspecified atom stereocenters. The van der Waals surface area contributed by atoms with E-state index in [-0.39, 0.29) is 0 Å². The van der Waals surface area contributed by atoms with E-state index in [9.17, 15) is 0 Å².